The van der Waals surface area contributed by atoms with E-state index in [-0.39, 0.29) is 5.57 Å². The number of imide groups is 2. The fourth-order valence-electron chi connectivity index (χ4n) is 3.29. The lowest BCUT2D eigenvalue weighted by atomic mass is 9.98. The average Bonchev–Trinajstić information content (AvgIpc) is 3.24. The molecule has 162 valence electrons. The Morgan fingerprint density at radius 2 is 1.72 bits per heavy atom. The Bertz CT molecular complexity index is 1180. The van der Waals surface area contributed by atoms with Crippen molar-refractivity contribution in [1.82, 2.24) is 5.32 Å². The van der Waals surface area contributed by atoms with Crippen molar-refractivity contribution in [1.29, 1.82) is 0 Å². The molecule has 2 aromatic carbocycles. The number of urea groups is 1. The Hall–Kier alpha value is -3.58. The summed E-state index contributed by atoms with van der Waals surface area (Å²) in [5.74, 6) is -0.720. The topological polar surface area (TPSA) is 79.6 Å². The lowest BCUT2D eigenvalue weighted by molar-refractivity contribution is -0.122. The largest absolute Gasteiger partial charge is 0.450 e. The second-order valence-electron chi connectivity index (χ2n) is 7.43. The van der Waals surface area contributed by atoms with E-state index < -0.39 is 17.8 Å². The maximum Gasteiger partial charge on any atom is 0.335 e. The monoisotopic (exact) mass is 446 g/mol. The van der Waals surface area contributed by atoms with Gasteiger partial charge in [0.05, 0.1) is 5.69 Å². The van der Waals surface area contributed by atoms with Gasteiger partial charge >= 0.3 is 6.03 Å². The van der Waals surface area contributed by atoms with Gasteiger partial charge in [-0.05, 0) is 60.4 Å². The Morgan fingerprint density at radius 1 is 1.00 bits per heavy atom. The molecule has 1 aliphatic rings. The van der Waals surface area contributed by atoms with Crippen LogP contribution in [0.3, 0.4) is 0 Å². The van der Waals surface area contributed by atoms with Gasteiger partial charge in [0.1, 0.15) is 11.3 Å². The van der Waals surface area contributed by atoms with Crippen LogP contribution in [0.15, 0.2) is 86.7 Å². The molecular weight excluding hydrogens is 424 g/mol. The van der Waals surface area contributed by atoms with E-state index in [1.807, 2.05) is 42.5 Å². The summed E-state index contributed by atoms with van der Waals surface area (Å²) in [7, 11) is 0. The van der Waals surface area contributed by atoms with Crippen LogP contribution in [0.1, 0.15) is 37.5 Å². The summed E-state index contributed by atoms with van der Waals surface area (Å²) in [6, 6.07) is 19.6. The number of hydrogen-bond acceptors (Lipinski definition) is 5. The molecule has 1 saturated heterocycles. The minimum absolute atomic E-state index is 0.166. The molecule has 32 heavy (non-hydrogen) atoms. The maximum absolute atomic E-state index is 13.1. The first-order valence-electron chi connectivity index (χ1n) is 10.3. The molecule has 7 heteroatoms. The molecule has 4 rings (SSSR count). The fourth-order valence-corrected chi connectivity index (χ4v) is 4.09. The number of rotatable bonds is 6. The Balaban J connectivity index is 1.58. The van der Waals surface area contributed by atoms with Crippen molar-refractivity contribution >= 4 is 41.4 Å². The SMILES string of the molecule is CCC(C)c1ccc(N2C(=O)NC(=O)C(=Cc3ccc(Sc4ccccc4)o3)C2=O)cc1. The summed E-state index contributed by atoms with van der Waals surface area (Å²) >= 11 is 1.43. The first-order chi connectivity index (χ1) is 15.5. The molecule has 6 nitrogen and oxygen atoms in total. The molecular formula is C25H22N2O4S. The highest BCUT2D eigenvalue weighted by Gasteiger charge is 2.37. The number of nitrogens with zero attached hydrogens (tertiary/aromatic N) is 1. The van der Waals surface area contributed by atoms with E-state index in [0.717, 1.165) is 21.8 Å². The molecule has 4 amide bonds. The zero-order valence-electron chi connectivity index (χ0n) is 17.7. The third kappa shape index (κ3) is 4.53. The van der Waals surface area contributed by atoms with Crippen LogP contribution < -0.4 is 10.2 Å². The number of carbonyl (C=O) groups excluding carboxylic acids is 3. The van der Waals surface area contributed by atoms with Gasteiger partial charge in [-0.1, -0.05) is 55.9 Å². The van der Waals surface area contributed by atoms with Crippen molar-refractivity contribution in [3.05, 3.63) is 83.6 Å². The van der Waals surface area contributed by atoms with E-state index in [2.05, 4.69) is 19.2 Å². The van der Waals surface area contributed by atoms with Crippen LogP contribution in [-0.4, -0.2) is 17.8 Å². The second-order valence-corrected chi connectivity index (χ2v) is 8.51. The van der Waals surface area contributed by atoms with Gasteiger partial charge in [0.25, 0.3) is 11.8 Å². The van der Waals surface area contributed by atoms with Gasteiger partial charge in [-0.2, -0.15) is 0 Å². The lowest BCUT2D eigenvalue weighted by Crippen LogP contribution is -2.54. The van der Waals surface area contributed by atoms with Crippen LogP contribution in [0, 0.1) is 0 Å². The molecule has 1 atom stereocenters. The summed E-state index contributed by atoms with van der Waals surface area (Å²) in [6.07, 6.45) is 2.34. The third-order valence-corrected chi connectivity index (χ3v) is 6.21. The third-order valence-electron chi connectivity index (χ3n) is 5.28. The summed E-state index contributed by atoms with van der Waals surface area (Å²) in [5.41, 5.74) is 1.35. The number of benzene rings is 2. The van der Waals surface area contributed by atoms with Crippen molar-refractivity contribution in [2.24, 2.45) is 0 Å². The lowest BCUT2D eigenvalue weighted by Gasteiger charge is -2.26. The van der Waals surface area contributed by atoms with Crippen LogP contribution in [0.5, 0.6) is 0 Å². The zero-order valence-corrected chi connectivity index (χ0v) is 18.5. The highest BCUT2D eigenvalue weighted by atomic mass is 32.2. The molecule has 1 N–H and O–H groups in total. The Labute approximate surface area is 190 Å². The van der Waals surface area contributed by atoms with Gasteiger partial charge in [0.2, 0.25) is 0 Å². The number of furan rings is 1. The van der Waals surface area contributed by atoms with Gasteiger partial charge < -0.3 is 4.42 Å². The molecule has 1 aliphatic heterocycles. The standard InChI is InChI=1S/C25H22N2O4S/c1-3-16(2)17-9-11-18(12-10-17)27-24(29)21(23(28)26-25(27)30)15-19-13-14-22(31-19)32-20-7-5-4-6-8-20/h4-16H,3H2,1-2H3,(H,26,28,30). The number of anilines is 1. The minimum Gasteiger partial charge on any atom is -0.450 e. The van der Waals surface area contributed by atoms with E-state index in [1.165, 1.54) is 17.8 Å². The van der Waals surface area contributed by atoms with E-state index in [0.29, 0.717) is 22.5 Å². The number of barbiturate groups is 1. The summed E-state index contributed by atoms with van der Waals surface area (Å²) in [4.78, 5) is 39.8. The van der Waals surface area contributed by atoms with Gasteiger partial charge in [-0.3, -0.25) is 14.9 Å². The normalized spacial score (nSPS) is 16.4. The molecule has 0 saturated carbocycles. The smallest absolute Gasteiger partial charge is 0.335 e. The maximum atomic E-state index is 13.1. The number of carbonyl (C=O) groups is 3. The van der Waals surface area contributed by atoms with Gasteiger partial charge in [0.15, 0.2) is 5.09 Å². The van der Waals surface area contributed by atoms with Crippen LogP contribution in [0.4, 0.5) is 10.5 Å². The molecule has 0 radical (unpaired) electrons. The van der Waals surface area contributed by atoms with Gasteiger partial charge in [-0.15, -0.1) is 0 Å². The van der Waals surface area contributed by atoms with Crippen molar-refractivity contribution < 1.29 is 18.8 Å². The minimum atomic E-state index is -0.770. The summed E-state index contributed by atoms with van der Waals surface area (Å²) < 4.78 is 5.76. The van der Waals surface area contributed by atoms with E-state index in [4.69, 9.17) is 4.42 Å². The Kier molecular flexibility index (Phi) is 6.28. The van der Waals surface area contributed by atoms with Crippen LogP contribution in [0.25, 0.3) is 6.08 Å². The van der Waals surface area contributed by atoms with Crippen LogP contribution in [0.2, 0.25) is 0 Å². The van der Waals surface area contributed by atoms with Crippen LogP contribution >= 0.6 is 11.8 Å². The van der Waals surface area contributed by atoms with Gasteiger partial charge in [0, 0.05) is 4.90 Å². The van der Waals surface area contributed by atoms with Crippen molar-refractivity contribution in [2.75, 3.05) is 4.90 Å². The fraction of sp³-hybridized carbons (Fsp3) is 0.160. The number of hydrogen-bond donors (Lipinski definition) is 1. The summed E-state index contributed by atoms with van der Waals surface area (Å²) in [5, 5.41) is 2.86. The number of nitrogens with one attached hydrogen (secondary N) is 1. The first-order valence-corrected chi connectivity index (χ1v) is 11.1. The second kappa shape index (κ2) is 9.28. The predicted molar refractivity (Wildman–Crippen MR) is 123 cm³/mol. The highest BCUT2D eigenvalue weighted by molar-refractivity contribution is 7.99. The molecule has 0 bridgehead atoms. The molecule has 2 heterocycles. The van der Waals surface area contributed by atoms with E-state index >= 15 is 0 Å². The van der Waals surface area contributed by atoms with E-state index in [1.54, 1.807) is 24.3 Å². The van der Waals surface area contributed by atoms with Crippen molar-refractivity contribution in [2.45, 2.75) is 36.2 Å². The molecule has 0 spiro atoms. The van der Waals surface area contributed by atoms with Gasteiger partial charge in [-0.25, -0.2) is 9.69 Å². The first kappa shape index (κ1) is 21.6. The molecule has 1 aromatic heterocycles. The van der Waals surface area contributed by atoms with Crippen molar-refractivity contribution in [3.8, 4) is 0 Å². The highest BCUT2D eigenvalue weighted by Crippen LogP contribution is 2.30. The molecule has 3 aromatic rings. The molecule has 0 aliphatic carbocycles. The van der Waals surface area contributed by atoms with E-state index in [9.17, 15) is 14.4 Å². The van der Waals surface area contributed by atoms with Crippen molar-refractivity contribution in [3.63, 3.8) is 0 Å². The number of amides is 4. The molecule has 1 unspecified atom stereocenters. The zero-order chi connectivity index (χ0) is 22.7. The Morgan fingerprint density at radius 3 is 2.41 bits per heavy atom. The average molecular weight is 447 g/mol. The predicted octanol–water partition coefficient (Wildman–Crippen LogP) is 5.61. The quantitative estimate of drug-likeness (QED) is 0.393. The van der Waals surface area contributed by atoms with Crippen LogP contribution in [-0.2, 0) is 9.59 Å². The molecule has 1 fully saturated rings. The summed E-state index contributed by atoms with van der Waals surface area (Å²) in [6.45, 7) is 4.21.